The van der Waals surface area contributed by atoms with Gasteiger partial charge in [0.15, 0.2) is 0 Å². The Morgan fingerprint density at radius 1 is 1.45 bits per heavy atom. The SMILES string of the molecule is Cn1cc(-c2cc(=O)[nH]c(C3CC4CCC3O4)n2)cn1. The molecule has 2 aromatic heterocycles. The lowest BCUT2D eigenvalue weighted by Crippen LogP contribution is -2.21. The molecule has 0 aliphatic carbocycles. The number of aryl methyl sites for hydroxylation is 1. The number of H-pyrrole nitrogens is 1. The van der Waals surface area contributed by atoms with Crippen molar-refractivity contribution in [2.45, 2.75) is 37.4 Å². The Kier molecular flexibility index (Phi) is 2.53. The van der Waals surface area contributed by atoms with E-state index in [0.717, 1.165) is 30.7 Å². The lowest BCUT2D eigenvalue weighted by atomic mass is 9.88. The fourth-order valence-corrected chi connectivity index (χ4v) is 3.28. The van der Waals surface area contributed by atoms with E-state index < -0.39 is 0 Å². The fraction of sp³-hybridized carbons (Fsp3) is 0.500. The van der Waals surface area contributed by atoms with Crippen LogP contribution in [0.5, 0.6) is 0 Å². The summed E-state index contributed by atoms with van der Waals surface area (Å²) in [5, 5.41) is 4.13. The third kappa shape index (κ3) is 1.87. The van der Waals surface area contributed by atoms with E-state index in [4.69, 9.17) is 4.74 Å². The molecule has 2 bridgehead atoms. The van der Waals surface area contributed by atoms with Gasteiger partial charge in [-0.05, 0) is 19.3 Å². The van der Waals surface area contributed by atoms with Crippen molar-refractivity contribution in [1.82, 2.24) is 19.7 Å². The molecule has 1 N–H and O–H groups in total. The van der Waals surface area contributed by atoms with Crippen LogP contribution in [-0.4, -0.2) is 32.0 Å². The molecule has 2 aromatic rings. The van der Waals surface area contributed by atoms with Crippen LogP contribution in [0.4, 0.5) is 0 Å². The van der Waals surface area contributed by atoms with Gasteiger partial charge in [0.1, 0.15) is 5.82 Å². The minimum absolute atomic E-state index is 0.114. The van der Waals surface area contributed by atoms with Gasteiger partial charge in [0.25, 0.3) is 5.56 Å². The monoisotopic (exact) mass is 272 g/mol. The molecule has 6 heteroatoms. The Morgan fingerprint density at radius 2 is 2.35 bits per heavy atom. The maximum Gasteiger partial charge on any atom is 0.251 e. The average molecular weight is 272 g/mol. The molecule has 0 radical (unpaired) electrons. The van der Waals surface area contributed by atoms with Crippen LogP contribution in [0.25, 0.3) is 11.3 Å². The highest BCUT2D eigenvalue weighted by atomic mass is 16.5. The summed E-state index contributed by atoms with van der Waals surface area (Å²) in [6.07, 6.45) is 7.31. The van der Waals surface area contributed by atoms with Crippen molar-refractivity contribution in [2.24, 2.45) is 7.05 Å². The summed E-state index contributed by atoms with van der Waals surface area (Å²) >= 11 is 0. The molecule has 0 amide bonds. The van der Waals surface area contributed by atoms with Crippen molar-refractivity contribution >= 4 is 0 Å². The highest BCUT2D eigenvalue weighted by Gasteiger charge is 2.42. The molecule has 2 aliphatic rings. The maximum absolute atomic E-state index is 11.9. The molecular weight excluding hydrogens is 256 g/mol. The number of nitrogens with one attached hydrogen (secondary N) is 1. The molecule has 2 fully saturated rings. The zero-order valence-electron chi connectivity index (χ0n) is 11.2. The average Bonchev–Trinajstić information content (AvgIpc) is 3.13. The fourth-order valence-electron chi connectivity index (χ4n) is 3.28. The van der Waals surface area contributed by atoms with Crippen molar-refractivity contribution in [3.8, 4) is 11.3 Å². The normalized spacial score (nSPS) is 28.1. The minimum Gasteiger partial charge on any atom is -0.374 e. The molecule has 3 atom stereocenters. The number of hydrogen-bond donors (Lipinski definition) is 1. The molecule has 0 spiro atoms. The van der Waals surface area contributed by atoms with E-state index in [1.807, 2.05) is 13.2 Å². The summed E-state index contributed by atoms with van der Waals surface area (Å²) < 4.78 is 7.56. The van der Waals surface area contributed by atoms with Gasteiger partial charge in [-0.3, -0.25) is 9.48 Å². The largest absolute Gasteiger partial charge is 0.374 e. The van der Waals surface area contributed by atoms with Crippen molar-refractivity contribution in [3.05, 3.63) is 34.6 Å². The van der Waals surface area contributed by atoms with Gasteiger partial charge in [-0.25, -0.2) is 4.98 Å². The standard InChI is InChI=1S/C14H16N4O2/c1-18-7-8(6-15-18)11-5-13(19)17-14(16-11)10-4-9-2-3-12(10)20-9/h5-7,9-10,12H,2-4H2,1H3,(H,16,17,19). The molecule has 3 unspecified atom stereocenters. The number of hydrogen-bond acceptors (Lipinski definition) is 4. The van der Waals surface area contributed by atoms with Crippen LogP contribution in [0.15, 0.2) is 23.3 Å². The van der Waals surface area contributed by atoms with Crippen LogP contribution in [0, 0.1) is 0 Å². The van der Waals surface area contributed by atoms with Gasteiger partial charge >= 0.3 is 0 Å². The number of fused-ring (bicyclic) bond motifs is 2. The van der Waals surface area contributed by atoms with E-state index in [2.05, 4.69) is 15.1 Å². The highest BCUT2D eigenvalue weighted by Crippen LogP contribution is 2.43. The van der Waals surface area contributed by atoms with Crippen molar-refractivity contribution in [1.29, 1.82) is 0 Å². The smallest absolute Gasteiger partial charge is 0.251 e. The predicted molar refractivity (Wildman–Crippen MR) is 72.3 cm³/mol. The Balaban J connectivity index is 1.74. The predicted octanol–water partition coefficient (Wildman–Crippen LogP) is 1.21. The van der Waals surface area contributed by atoms with Crippen molar-refractivity contribution in [2.75, 3.05) is 0 Å². The van der Waals surface area contributed by atoms with E-state index in [9.17, 15) is 4.79 Å². The Morgan fingerprint density at radius 3 is 3.00 bits per heavy atom. The molecule has 0 aromatic carbocycles. The Bertz CT molecular complexity index is 705. The van der Waals surface area contributed by atoms with E-state index in [1.165, 1.54) is 6.07 Å². The van der Waals surface area contributed by atoms with Crippen LogP contribution >= 0.6 is 0 Å². The molecule has 2 saturated heterocycles. The maximum atomic E-state index is 11.9. The Hall–Kier alpha value is -1.95. The van der Waals surface area contributed by atoms with Gasteiger partial charge in [0.05, 0.1) is 24.1 Å². The van der Waals surface area contributed by atoms with Crippen molar-refractivity contribution in [3.63, 3.8) is 0 Å². The highest BCUT2D eigenvalue weighted by molar-refractivity contribution is 5.56. The lowest BCUT2D eigenvalue weighted by Gasteiger charge is -2.17. The van der Waals surface area contributed by atoms with E-state index in [0.29, 0.717) is 11.8 Å². The Labute approximate surface area is 115 Å². The summed E-state index contributed by atoms with van der Waals surface area (Å²) in [5.41, 5.74) is 1.43. The number of aromatic amines is 1. The number of ether oxygens (including phenoxy) is 1. The van der Waals surface area contributed by atoms with Gasteiger partial charge in [-0.2, -0.15) is 5.10 Å². The number of rotatable bonds is 2. The van der Waals surface area contributed by atoms with Crippen LogP contribution < -0.4 is 5.56 Å². The quantitative estimate of drug-likeness (QED) is 0.891. The van der Waals surface area contributed by atoms with Crippen molar-refractivity contribution < 1.29 is 4.74 Å². The second-order valence-corrected chi connectivity index (χ2v) is 5.63. The van der Waals surface area contributed by atoms with Gasteiger partial charge in [0, 0.05) is 30.8 Å². The topological polar surface area (TPSA) is 72.8 Å². The lowest BCUT2D eigenvalue weighted by molar-refractivity contribution is 0.0998. The number of aromatic nitrogens is 4. The summed E-state index contributed by atoms with van der Waals surface area (Å²) in [4.78, 5) is 19.4. The molecule has 6 nitrogen and oxygen atoms in total. The van der Waals surface area contributed by atoms with Gasteiger partial charge in [-0.15, -0.1) is 0 Å². The van der Waals surface area contributed by atoms with Gasteiger partial charge in [0.2, 0.25) is 0 Å². The van der Waals surface area contributed by atoms with Crippen LogP contribution in [0.3, 0.4) is 0 Å². The molecule has 0 saturated carbocycles. The summed E-state index contributed by atoms with van der Waals surface area (Å²) in [5.74, 6) is 0.974. The summed E-state index contributed by atoms with van der Waals surface area (Å²) in [6, 6.07) is 1.52. The first-order valence-corrected chi connectivity index (χ1v) is 6.95. The van der Waals surface area contributed by atoms with Gasteiger partial charge in [-0.1, -0.05) is 0 Å². The number of nitrogens with zero attached hydrogens (tertiary/aromatic N) is 3. The van der Waals surface area contributed by atoms with Crippen LogP contribution in [-0.2, 0) is 11.8 Å². The third-order valence-corrected chi connectivity index (χ3v) is 4.22. The summed E-state index contributed by atoms with van der Waals surface area (Å²) in [6.45, 7) is 0. The summed E-state index contributed by atoms with van der Waals surface area (Å²) in [7, 11) is 1.85. The first-order valence-electron chi connectivity index (χ1n) is 6.95. The zero-order chi connectivity index (χ0) is 13.7. The van der Waals surface area contributed by atoms with Gasteiger partial charge < -0.3 is 9.72 Å². The van der Waals surface area contributed by atoms with E-state index in [-0.39, 0.29) is 17.6 Å². The van der Waals surface area contributed by atoms with E-state index in [1.54, 1.807) is 10.9 Å². The molecule has 2 aliphatic heterocycles. The second-order valence-electron chi connectivity index (χ2n) is 5.63. The molecule has 104 valence electrons. The first-order chi connectivity index (χ1) is 9.69. The first kappa shape index (κ1) is 11.8. The van der Waals surface area contributed by atoms with E-state index >= 15 is 0 Å². The third-order valence-electron chi connectivity index (χ3n) is 4.22. The van der Waals surface area contributed by atoms with Crippen LogP contribution in [0.2, 0.25) is 0 Å². The molecular formula is C14H16N4O2. The second kappa shape index (κ2) is 4.28. The minimum atomic E-state index is -0.114. The molecule has 4 rings (SSSR count). The van der Waals surface area contributed by atoms with Crippen LogP contribution in [0.1, 0.15) is 31.0 Å². The molecule has 4 heterocycles. The molecule has 20 heavy (non-hydrogen) atoms. The zero-order valence-corrected chi connectivity index (χ0v) is 11.2.